The minimum Gasteiger partial charge on any atom is -0.481 e. The summed E-state index contributed by atoms with van der Waals surface area (Å²) >= 11 is 0. The molecule has 0 spiro atoms. The van der Waals surface area contributed by atoms with Crippen molar-refractivity contribution >= 4 is 12.1 Å². The van der Waals surface area contributed by atoms with Crippen LogP contribution in [0.25, 0.3) is 0 Å². The van der Waals surface area contributed by atoms with E-state index in [0.29, 0.717) is 0 Å². The van der Waals surface area contributed by atoms with Gasteiger partial charge >= 0.3 is 12.1 Å². The number of rotatable bonds is 14. The van der Waals surface area contributed by atoms with Gasteiger partial charge in [0.15, 0.2) is 0 Å². The van der Waals surface area contributed by atoms with Gasteiger partial charge in [0.25, 0.3) is 0 Å². The first-order valence-electron chi connectivity index (χ1n) is 12.6. The van der Waals surface area contributed by atoms with E-state index in [1.54, 1.807) is 0 Å². The van der Waals surface area contributed by atoms with Crippen molar-refractivity contribution in [2.24, 2.45) is 16.7 Å². The molecule has 0 aliphatic heterocycles. The van der Waals surface area contributed by atoms with E-state index in [9.17, 15) is 9.90 Å². The summed E-state index contributed by atoms with van der Waals surface area (Å²) in [6.07, 6.45) is 13.7. The molecule has 27 heavy (non-hydrogen) atoms. The minimum atomic E-state index is -1.32. The standard InChI is InChI=1S/C22H44O2.CO2/c1-19(20(23)24)22(5,6)18-16-14-12-10-8-7-9-11-13-15-17-21(2,3)4;2-1-3/h19H,7-18H2,1-6H3,(H,23,24);/i1D2,2D2;. The monoisotopic (exact) mass is 388 g/mol. The summed E-state index contributed by atoms with van der Waals surface area (Å²) in [6.45, 7) is 5.71. The Balaban J connectivity index is 0. The van der Waals surface area contributed by atoms with Crippen molar-refractivity contribution in [1.82, 2.24) is 0 Å². The third kappa shape index (κ3) is 19.4. The second-order valence-electron chi connectivity index (χ2n) is 8.91. The fraction of sp³-hybridized carbons (Fsp3) is 0.913. The molecule has 0 aromatic carbocycles. The summed E-state index contributed by atoms with van der Waals surface area (Å²) in [7, 11) is 0. The molecule has 1 unspecified atom stereocenters. The Kier molecular flexibility index (Phi) is 12.1. The van der Waals surface area contributed by atoms with Gasteiger partial charge in [-0.25, -0.2) is 0 Å². The Morgan fingerprint density at radius 3 is 1.56 bits per heavy atom. The van der Waals surface area contributed by atoms with Crippen LogP contribution in [0.4, 0.5) is 0 Å². The van der Waals surface area contributed by atoms with Crippen LogP contribution in [0.2, 0.25) is 0 Å². The minimum absolute atomic E-state index is 0.193. The maximum absolute atomic E-state index is 11.3. The molecule has 0 radical (unpaired) electrons. The van der Waals surface area contributed by atoms with Crippen LogP contribution in [-0.4, -0.2) is 17.2 Å². The van der Waals surface area contributed by atoms with Crippen molar-refractivity contribution in [2.45, 2.75) is 118 Å². The quantitative estimate of drug-likeness (QED) is 0.329. The number of aliphatic carboxylic acids is 1. The summed E-state index contributed by atoms with van der Waals surface area (Å²) in [6, 6.07) is 0. The lowest BCUT2D eigenvalue weighted by molar-refractivity contribution is -0.191. The van der Waals surface area contributed by atoms with Crippen molar-refractivity contribution in [1.29, 1.82) is 0 Å². The van der Waals surface area contributed by atoms with E-state index in [2.05, 4.69) is 0 Å². The van der Waals surface area contributed by atoms with E-state index in [-0.39, 0.29) is 11.6 Å². The molecule has 0 rings (SSSR count). The highest BCUT2D eigenvalue weighted by Gasteiger charge is 2.30. The van der Waals surface area contributed by atoms with Crippen molar-refractivity contribution in [3.8, 4) is 0 Å². The molecular formula is C23H44O4. The second kappa shape index (κ2) is 15.9. The molecule has 0 saturated heterocycles. The third-order valence-corrected chi connectivity index (χ3v) is 5.00. The summed E-state index contributed by atoms with van der Waals surface area (Å²) in [5.74, 6) is -1.95. The van der Waals surface area contributed by atoms with Crippen molar-refractivity contribution in [3.63, 3.8) is 0 Å². The Morgan fingerprint density at radius 1 is 0.852 bits per heavy atom. The van der Waals surface area contributed by atoms with Gasteiger partial charge < -0.3 is 5.11 Å². The van der Waals surface area contributed by atoms with Gasteiger partial charge in [-0.2, -0.15) is 9.59 Å². The van der Waals surface area contributed by atoms with Crippen LogP contribution in [0.5, 0.6) is 0 Å². The van der Waals surface area contributed by atoms with E-state index >= 15 is 0 Å². The lowest BCUT2D eigenvalue weighted by Gasteiger charge is -2.28. The summed E-state index contributed by atoms with van der Waals surface area (Å²) < 4.78 is 30.1. The zero-order chi connectivity index (χ0) is 24.5. The molecule has 0 fully saturated rings. The number of carboxylic acid groups (broad SMARTS) is 1. The third-order valence-electron chi connectivity index (χ3n) is 5.00. The lowest BCUT2D eigenvalue weighted by atomic mass is 9.76. The van der Waals surface area contributed by atoms with Gasteiger partial charge in [-0.1, -0.05) is 106 Å². The zero-order valence-corrected chi connectivity index (χ0v) is 17.9. The van der Waals surface area contributed by atoms with Crippen LogP contribution in [0.3, 0.4) is 0 Å². The summed E-state index contributed by atoms with van der Waals surface area (Å²) in [4.78, 5) is 27.6. The van der Waals surface area contributed by atoms with Gasteiger partial charge in [-0.05, 0) is 23.7 Å². The van der Waals surface area contributed by atoms with Crippen LogP contribution in [0.15, 0.2) is 0 Å². The van der Waals surface area contributed by atoms with Crippen LogP contribution < -0.4 is 0 Å². The molecule has 0 heterocycles. The van der Waals surface area contributed by atoms with Crippen LogP contribution >= 0.6 is 0 Å². The molecule has 0 aromatic heterocycles. The van der Waals surface area contributed by atoms with E-state index < -0.39 is 31.1 Å². The van der Waals surface area contributed by atoms with Crippen molar-refractivity contribution < 1.29 is 25.0 Å². The van der Waals surface area contributed by atoms with Crippen LogP contribution in [-0.2, 0) is 14.4 Å². The van der Waals surface area contributed by atoms with Crippen molar-refractivity contribution in [3.05, 3.63) is 0 Å². The molecule has 0 bridgehead atoms. The maximum atomic E-state index is 11.3. The average Bonchev–Trinajstić information content (AvgIpc) is 2.62. The first-order valence-corrected chi connectivity index (χ1v) is 10.2. The Labute approximate surface area is 173 Å². The van der Waals surface area contributed by atoms with Gasteiger partial charge in [0.2, 0.25) is 0 Å². The van der Waals surface area contributed by atoms with Gasteiger partial charge in [0.1, 0.15) is 0 Å². The molecule has 0 aliphatic rings. The molecule has 160 valence electrons. The fourth-order valence-corrected chi connectivity index (χ4v) is 3.07. The Bertz CT molecular complexity index is 502. The highest BCUT2D eigenvalue weighted by Crippen LogP contribution is 2.33. The fourth-order valence-electron chi connectivity index (χ4n) is 3.07. The maximum Gasteiger partial charge on any atom is 0.373 e. The normalized spacial score (nSPS) is 15.0. The van der Waals surface area contributed by atoms with Crippen molar-refractivity contribution in [2.75, 3.05) is 0 Å². The predicted octanol–water partition coefficient (Wildman–Crippen LogP) is 6.88. The Morgan fingerprint density at radius 2 is 1.22 bits per heavy atom. The predicted molar refractivity (Wildman–Crippen MR) is 110 cm³/mol. The van der Waals surface area contributed by atoms with Crippen LogP contribution in [0.1, 0.15) is 124 Å². The molecular weight excluding hydrogens is 340 g/mol. The molecule has 4 nitrogen and oxygen atoms in total. The summed E-state index contributed by atoms with van der Waals surface area (Å²) in [5.41, 5.74) is -0.699. The molecule has 4 heteroatoms. The highest BCUT2D eigenvalue weighted by molar-refractivity contribution is 5.70. The van der Waals surface area contributed by atoms with Gasteiger partial charge in [-0.3, -0.25) is 4.79 Å². The zero-order valence-electron chi connectivity index (χ0n) is 21.9. The molecule has 0 aromatic rings. The molecule has 0 saturated carbocycles. The molecule has 1 atom stereocenters. The van der Waals surface area contributed by atoms with E-state index in [1.807, 2.05) is 27.7 Å². The van der Waals surface area contributed by atoms with E-state index in [0.717, 1.165) is 32.1 Å². The van der Waals surface area contributed by atoms with Gasteiger partial charge in [-0.15, -0.1) is 0 Å². The number of hydrogen-bond donors (Lipinski definition) is 1. The number of hydrogen-bond acceptors (Lipinski definition) is 3. The second-order valence-corrected chi connectivity index (χ2v) is 8.91. The number of carbonyl (C=O) groups excluding carboxylic acids is 2. The number of carbonyl (C=O) groups is 1. The van der Waals surface area contributed by atoms with E-state index in [4.69, 9.17) is 15.1 Å². The van der Waals surface area contributed by atoms with Crippen LogP contribution in [0, 0.1) is 16.7 Å². The molecule has 0 aliphatic carbocycles. The SMILES string of the molecule is O=C=O.[2H]C([2H])C(C(=O)O)C(C)(C)CCCCCCCCCCCCC(C)(C)C([2H])[2H]. The van der Waals surface area contributed by atoms with Gasteiger partial charge in [0.05, 0.1) is 5.92 Å². The van der Waals surface area contributed by atoms with Gasteiger partial charge in [0, 0.05) is 5.48 Å². The topological polar surface area (TPSA) is 71.4 Å². The first-order chi connectivity index (χ1) is 14.3. The Hall–Kier alpha value is -1.15. The molecule has 1 N–H and O–H groups in total. The highest BCUT2D eigenvalue weighted by atomic mass is 16.4. The number of carboxylic acids is 1. The lowest BCUT2D eigenvalue weighted by Crippen LogP contribution is -2.28. The first kappa shape index (κ1) is 20.6. The number of unbranched alkanes of at least 4 members (excludes halogenated alkanes) is 9. The van der Waals surface area contributed by atoms with E-state index in [1.165, 1.54) is 44.9 Å². The smallest absolute Gasteiger partial charge is 0.373 e. The molecule has 0 amide bonds. The average molecular weight is 389 g/mol. The largest absolute Gasteiger partial charge is 0.481 e. The summed E-state index contributed by atoms with van der Waals surface area (Å²) in [5, 5.41) is 9.26.